The average molecular weight is 315 g/mol. The Balaban J connectivity index is 1.57. The molecule has 0 N–H and O–H groups in total. The van der Waals surface area contributed by atoms with Gasteiger partial charge in [-0.3, -0.25) is 4.79 Å². The van der Waals surface area contributed by atoms with Gasteiger partial charge in [-0.05, 0) is 17.4 Å². The number of tetrazole rings is 1. The average Bonchev–Trinajstić information content (AvgIpc) is 3.17. The first kappa shape index (κ1) is 14.3. The zero-order valence-corrected chi connectivity index (χ0v) is 12.7. The zero-order chi connectivity index (χ0) is 15.4. The second-order valence-electron chi connectivity index (χ2n) is 4.68. The van der Waals surface area contributed by atoms with E-state index in [2.05, 4.69) is 20.5 Å². The number of thiazole rings is 1. The van der Waals surface area contributed by atoms with E-state index in [1.807, 2.05) is 36.6 Å². The number of carbonyl (C=O) groups is 1. The number of ether oxygens (including phenoxy) is 1. The minimum Gasteiger partial charge on any atom is -0.458 e. The first-order chi connectivity index (χ1) is 10.7. The lowest BCUT2D eigenvalue weighted by Crippen LogP contribution is -2.14. The van der Waals surface area contributed by atoms with Crippen LogP contribution in [0.1, 0.15) is 11.3 Å². The number of rotatable bonds is 5. The van der Waals surface area contributed by atoms with Crippen molar-refractivity contribution in [3.63, 3.8) is 0 Å². The Labute approximate surface area is 130 Å². The number of hydrogen-bond acceptors (Lipinski definition) is 7. The predicted octanol–water partition coefficient (Wildman–Crippen LogP) is 1.85. The molecule has 0 aliphatic rings. The van der Waals surface area contributed by atoms with E-state index in [9.17, 15) is 4.79 Å². The number of carbonyl (C=O) groups excluding carboxylic acids is 1. The fourth-order valence-electron chi connectivity index (χ4n) is 1.79. The van der Waals surface area contributed by atoms with Crippen LogP contribution in [0.2, 0.25) is 0 Å². The third kappa shape index (κ3) is 3.53. The summed E-state index contributed by atoms with van der Waals surface area (Å²) in [4.78, 5) is 16.1. The van der Waals surface area contributed by atoms with Crippen molar-refractivity contribution in [1.29, 1.82) is 0 Å². The summed E-state index contributed by atoms with van der Waals surface area (Å²) in [5.41, 5.74) is 2.99. The Morgan fingerprint density at radius 1 is 1.32 bits per heavy atom. The molecule has 0 radical (unpaired) electrons. The molecular formula is C14H13N5O2S. The van der Waals surface area contributed by atoms with Gasteiger partial charge >= 0.3 is 5.97 Å². The Bertz CT molecular complexity index is 752. The van der Waals surface area contributed by atoms with Crippen molar-refractivity contribution in [2.75, 3.05) is 0 Å². The smallest absolute Gasteiger partial charge is 0.328 e. The van der Waals surface area contributed by atoms with Gasteiger partial charge in [-0.1, -0.05) is 29.8 Å². The molecule has 3 aromatic rings. The number of aromatic nitrogens is 5. The van der Waals surface area contributed by atoms with Gasteiger partial charge < -0.3 is 4.74 Å². The molecule has 0 saturated heterocycles. The van der Waals surface area contributed by atoms with Crippen LogP contribution in [0.3, 0.4) is 0 Å². The summed E-state index contributed by atoms with van der Waals surface area (Å²) in [7, 11) is 0. The van der Waals surface area contributed by atoms with E-state index in [-0.39, 0.29) is 13.2 Å². The van der Waals surface area contributed by atoms with Crippen LogP contribution in [-0.2, 0) is 22.7 Å². The summed E-state index contributed by atoms with van der Waals surface area (Å²) in [6.07, 6.45) is 1.36. The molecule has 0 unspecified atom stereocenters. The maximum absolute atomic E-state index is 11.6. The molecule has 3 rings (SSSR count). The molecule has 22 heavy (non-hydrogen) atoms. The van der Waals surface area contributed by atoms with Gasteiger partial charge in [-0.25, -0.2) is 9.67 Å². The molecule has 0 bridgehead atoms. The predicted molar refractivity (Wildman–Crippen MR) is 79.9 cm³/mol. The van der Waals surface area contributed by atoms with E-state index in [1.54, 1.807) is 0 Å². The summed E-state index contributed by atoms with van der Waals surface area (Å²) in [6, 6.07) is 8.15. The fraction of sp³-hybridized carbons (Fsp3) is 0.214. The van der Waals surface area contributed by atoms with Crippen LogP contribution in [0, 0.1) is 6.92 Å². The molecule has 0 aliphatic carbocycles. The summed E-state index contributed by atoms with van der Waals surface area (Å²) in [5.74, 6) is -0.405. The van der Waals surface area contributed by atoms with Crippen molar-refractivity contribution in [3.05, 3.63) is 47.2 Å². The monoisotopic (exact) mass is 315 g/mol. The molecule has 0 fully saturated rings. The van der Waals surface area contributed by atoms with E-state index in [4.69, 9.17) is 4.74 Å². The van der Waals surface area contributed by atoms with Crippen LogP contribution in [0.25, 0.3) is 10.6 Å². The number of aryl methyl sites for hydroxylation is 1. The normalized spacial score (nSPS) is 10.6. The molecule has 2 heterocycles. The third-order valence-electron chi connectivity index (χ3n) is 2.91. The topological polar surface area (TPSA) is 82.8 Å². The highest BCUT2D eigenvalue weighted by Crippen LogP contribution is 2.24. The SMILES string of the molecule is Cc1ccc(-c2nc(COC(=O)Cn3cnnn3)cs2)cc1. The molecule has 2 aromatic heterocycles. The summed E-state index contributed by atoms with van der Waals surface area (Å²) >= 11 is 1.53. The molecule has 1 aromatic carbocycles. The Kier molecular flexibility index (Phi) is 4.19. The lowest BCUT2D eigenvalue weighted by molar-refractivity contribution is -0.146. The Morgan fingerprint density at radius 2 is 2.14 bits per heavy atom. The van der Waals surface area contributed by atoms with Gasteiger partial charge in [0.15, 0.2) is 0 Å². The van der Waals surface area contributed by atoms with Crippen molar-refractivity contribution in [3.8, 4) is 10.6 Å². The van der Waals surface area contributed by atoms with E-state index in [1.165, 1.54) is 27.9 Å². The van der Waals surface area contributed by atoms with Crippen molar-refractivity contribution < 1.29 is 9.53 Å². The molecule has 7 nitrogen and oxygen atoms in total. The minimum atomic E-state index is -0.405. The summed E-state index contributed by atoms with van der Waals surface area (Å²) < 4.78 is 6.47. The summed E-state index contributed by atoms with van der Waals surface area (Å²) in [5, 5.41) is 13.3. The Hall–Kier alpha value is -2.61. The Morgan fingerprint density at radius 3 is 2.86 bits per heavy atom. The number of benzene rings is 1. The highest BCUT2D eigenvalue weighted by molar-refractivity contribution is 7.13. The fourth-order valence-corrected chi connectivity index (χ4v) is 2.60. The van der Waals surface area contributed by atoms with Crippen LogP contribution in [0.4, 0.5) is 0 Å². The van der Waals surface area contributed by atoms with Crippen molar-refractivity contribution in [2.24, 2.45) is 0 Å². The van der Waals surface area contributed by atoms with Crippen LogP contribution < -0.4 is 0 Å². The van der Waals surface area contributed by atoms with Gasteiger partial charge in [0.2, 0.25) is 0 Å². The number of esters is 1. The highest BCUT2D eigenvalue weighted by Gasteiger charge is 2.09. The lowest BCUT2D eigenvalue weighted by atomic mass is 10.2. The van der Waals surface area contributed by atoms with Gasteiger partial charge in [0, 0.05) is 10.9 Å². The largest absolute Gasteiger partial charge is 0.458 e. The second kappa shape index (κ2) is 6.44. The van der Waals surface area contributed by atoms with Crippen LogP contribution in [0.15, 0.2) is 36.0 Å². The molecule has 112 valence electrons. The standard InChI is InChI=1S/C14H13N5O2S/c1-10-2-4-11(5-3-10)14-16-12(8-22-14)7-21-13(20)6-19-9-15-17-18-19/h2-5,8-9H,6-7H2,1H3. The van der Waals surface area contributed by atoms with Crippen LogP contribution in [-0.4, -0.2) is 31.2 Å². The molecule has 0 aliphatic heterocycles. The zero-order valence-electron chi connectivity index (χ0n) is 11.8. The molecular weight excluding hydrogens is 302 g/mol. The van der Waals surface area contributed by atoms with E-state index in [0.717, 1.165) is 16.3 Å². The molecule has 8 heteroatoms. The van der Waals surface area contributed by atoms with Gasteiger partial charge in [0.25, 0.3) is 0 Å². The van der Waals surface area contributed by atoms with E-state index in [0.29, 0.717) is 0 Å². The lowest BCUT2D eigenvalue weighted by Gasteiger charge is -2.02. The third-order valence-corrected chi connectivity index (χ3v) is 3.85. The van der Waals surface area contributed by atoms with Crippen molar-refractivity contribution in [2.45, 2.75) is 20.1 Å². The molecule has 0 spiro atoms. The van der Waals surface area contributed by atoms with Gasteiger partial charge in [0.1, 0.15) is 24.5 Å². The van der Waals surface area contributed by atoms with Crippen molar-refractivity contribution in [1.82, 2.24) is 25.2 Å². The van der Waals surface area contributed by atoms with Crippen LogP contribution in [0.5, 0.6) is 0 Å². The van der Waals surface area contributed by atoms with Crippen molar-refractivity contribution >= 4 is 17.3 Å². The van der Waals surface area contributed by atoms with Gasteiger partial charge in [-0.15, -0.1) is 16.4 Å². The molecule has 0 saturated carbocycles. The van der Waals surface area contributed by atoms with Crippen LogP contribution >= 0.6 is 11.3 Å². The number of nitrogens with zero attached hydrogens (tertiary/aromatic N) is 5. The number of hydrogen-bond donors (Lipinski definition) is 0. The quantitative estimate of drug-likeness (QED) is 0.668. The second-order valence-corrected chi connectivity index (χ2v) is 5.54. The maximum Gasteiger partial charge on any atom is 0.328 e. The first-order valence-electron chi connectivity index (χ1n) is 6.58. The van der Waals surface area contributed by atoms with E-state index < -0.39 is 5.97 Å². The van der Waals surface area contributed by atoms with E-state index >= 15 is 0 Å². The highest BCUT2D eigenvalue weighted by atomic mass is 32.1. The van der Waals surface area contributed by atoms with Gasteiger partial charge in [0.05, 0.1) is 5.69 Å². The molecule has 0 amide bonds. The first-order valence-corrected chi connectivity index (χ1v) is 7.46. The minimum absolute atomic E-state index is 0.0119. The summed E-state index contributed by atoms with van der Waals surface area (Å²) in [6.45, 7) is 2.17. The maximum atomic E-state index is 11.6. The molecule has 0 atom stereocenters. The van der Waals surface area contributed by atoms with Gasteiger partial charge in [-0.2, -0.15) is 0 Å².